The molecule has 4 saturated carbocycles. The summed E-state index contributed by atoms with van der Waals surface area (Å²) in [4.78, 5) is 0. The molecule has 1 saturated heterocycles. The lowest BCUT2D eigenvalue weighted by Gasteiger charge is -2.70. The molecule has 5 rings (SSSR count). The normalized spacial score (nSPS) is 51.3. The molecule has 4 aliphatic carbocycles. The minimum atomic E-state index is -1.44. The van der Waals surface area contributed by atoms with Gasteiger partial charge in [0, 0.05) is 0 Å². The summed E-state index contributed by atoms with van der Waals surface area (Å²) < 4.78 is 12.2. The second kappa shape index (κ2) is 11.8. The van der Waals surface area contributed by atoms with Crippen LogP contribution >= 0.6 is 0 Å². The summed E-state index contributed by atoms with van der Waals surface area (Å²) in [6.07, 6.45) is 5.90. The second-order valence-electron chi connectivity index (χ2n) is 16.6. The molecule has 1 aliphatic heterocycles. The Morgan fingerprint density at radius 1 is 0.814 bits per heavy atom. The molecule has 0 aromatic heterocycles. The third-order valence-electron chi connectivity index (χ3n) is 14.0. The van der Waals surface area contributed by atoms with Crippen molar-refractivity contribution in [3.05, 3.63) is 23.3 Å². The van der Waals surface area contributed by atoms with Gasteiger partial charge in [0.15, 0.2) is 6.29 Å². The van der Waals surface area contributed by atoms with Crippen molar-refractivity contribution < 1.29 is 35.0 Å². The zero-order valence-corrected chi connectivity index (χ0v) is 27.9. The minimum absolute atomic E-state index is 0.0348. The second-order valence-corrected chi connectivity index (χ2v) is 16.6. The molecule has 5 N–H and O–H groups in total. The molecule has 1 heterocycles. The number of aliphatic hydroxyl groups excluding tert-OH is 5. The largest absolute Gasteiger partial charge is 0.394 e. The first kappa shape index (κ1) is 33.6. The molecular weight excluding hydrogens is 544 g/mol. The van der Waals surface area contributed by atoms with Crippen molar-refractivity contribution >= 4 is 0 Å². The van der Waals surface area contributed by atoms with Gasteiger partial charge in [-0.05, 0) is 117 Å². The highest BCUT2D eigenvalue weighted by Crippen LogP contribution is 2.75. The molecule has 7 heteroatoms. The van der Waals surface area contributed by atoms with Crippen LogP contribution in [0.5, 0.6) is 0 Å². The van der Waals surface area contributed by atoms with Gasteiger partial charge in [0.05, 0.1) is 18.8 Å². The molecular formula is C36H60O7. The van der Waals surface area contributed by atoms with Gasteiger partial charge in [-0.15, -0.1) is 0 Å². The van der Waals surface area contributed by atoms with Gasteiger partial charge in [0.2, 0.25) is 0 Å². The maximum absolute atomic E-state index is 12.0. The Morgan fingerprint density at radius 3 is 2.14 bits per heavy atom. The first-order valence-electron chi connectivity index (χ1n) is 17.0. The van der Waals surface area contributed by atoms with Crippen LogP contribution in [0.25, 0.3) is 0 Å². The summed E-state index contributed by atoms with van der Waals surface area (Å²) in [6, 6.07) is 0. The summed E-state index contributed by atoms with van der Waals surface area (Å²) in [5, 5.41) is 52.9. The summed E-state index contributed by atoms with van der Waals surface area (Å²) >= 11 is 0. The van der Waals surface area contributed by atoms with Crippen molar-refractivity contribution in [2.24, 2.45) is 45.3 Å². The van der Waals surface area contributed by atoms with Crippen LogP contribution < -0.4 is 0 Å². The molecule has 5 aliphatic rings. The summed E-state index contributed by atoms with van der Waals surface area (Å²) in [6.45, 7) is 18.2. The van der Waals surface area contributed by atoms with E-state index >= 15 is 0 Å². The molecule has 0 amide bonds. The topological polar surface area (TPSA) is 120 Å². The van der Waals surface area contributed by atoms with Crippen molar-refractivity contribution in [2.45, 2.75) is 150 Å². The number of hydrogen-bond acceptors (Lipinski definition) is 7. The highest BCUT2D eigenvalue weighted by Gasteiger charge is 2.70. The average molecular weight is 605 g/mol. The van der Waals surface area contributed by atoms with E-state index in [9.17, 15) is 25.5 Å². The van der Waals surface area contributed by atoms with Gasteiger partial charge in [-0.25, -0.2) is 0 Å². The number of hydrogen-bond donors (Lipinski definition) is 5. The van der Waals surface area contributed by atoms with E-state index in [1.54, 1.807) is 0 Å². The van der Waals surface area contributed by atoms with E-state index in [0.717, 1.165) is 51.4 Å². The molecule has 7 nitrogen and oxygen atoms in total. The van der Waals surface area contributed by atoms with Gasteiger partial charge in [0.1, 0.15) is 24.4 Å². The van der Waals surface area contributed by atoms with Crippen LogP contribution in [0.1, 0.15) is 107 Å². The van der Waals surface area contributed by atoms with Gasteiger partial charge in [-0.1, -0.05) is 57.9 Å². The molecule has 246 valence electrons. The molecule has 0 aromatic rings. The fourth-order valence-electron chi connectivity index (χ4n) is 11.5. The molecule has 0 unspecified atom stereocenters. The Bertz CT molecular complexity index is 1080. The predicted octanol–water partition coefficient (Wildman–Crippen LogP) is 5.13. The van der Waals surface area contributed by atoms with Crippen LogP contribution in [-0.2, 0) is 9.47 Å². The standard InChI is InChI=1S/C36H60O7/c1-20(2)10-9-11-21(3)22-12-16-36(8)28(22)23(38)18-26-34(6)15-14-27(33(4,5)25(34)13-17-35(26,36)7)43-32-31(41)30(40)29(39)24(19-37)42-32/h10-11,22-32,37-41H,9,12-19H2,1-8H3/b21-11+/t22-,23-,24+,25-,26-,27+,28-,29+,30-,31+,32-,34+,35-,36-/m1/s1. The third kappa shape index (κ3) is 5.21. The summed E-state index contributed by atoms with van der Waals surface area (Å²) in [5.74, 6) is 1.48. The molecule has 0 radical (unpaired) electrons. The fourth-order valence-corrected chi connectivity index (χ4v) is 11.5. The Balaban J connectivity index is 1.38. The number of rotatable bonds is 6. The van der Waals surface area contributed by atoms with Crippen molar-refractivity contribution in [3.8, 4) is 0 Å². The molecule has 43 heavy (non-hydrogen) atoms. The van der Waals surface area contributed by atoms with E-state index in [-0.39, 0.29) is 39.8 Å². The fraction of sp³-hybridized carbons (Fsp3) is 0.889. The van der Waals surface area contributed by atoms with Crippen molar-refractivity contribution in [1.82, 2.24) is 0 Å². The maximum Gasteiger partial charge on any atom is 0.186 e. The SMILES string of the molecule is CC(C)=CC/C=C(\C)[C@H]1CC[C@]2(C)[C@H]1[C@H](O)C[C@@H]1[C@@]3(C)CC[C@H](O[C@H]4O[C@@H](CO)[C@H](O)[C@@H](O)[C@@H]4O)C(C)(C)[C@H]3CC[C@]12C. The zero-order valence-electron chi connectivity index (χ0n) is 27.9. The number of aliphatic hydroxyl groups is 5. The maximum atomic E-state index is 12.0. The Labute approximate surface area is 259 Å². The zero-order chi connectivity index (χ0) is 31.7. The van der Waals surface area contributed by atoms with Gasteiger partial charge in [0.25, 0.3) is 0 Å². The molecule has 0 spiro atoms. The molecule has 5 fully saturated rings. The van der Waals surface area contributed by atoms with Gasteiger partial charge in [-0.2, -0.15) is 0 Å². The molecule has 0 aromatic carbocycles. The molecule has 14 atom stereocenters. The van der Waals surface area contributed by atoms with Crippen LogP contribution in [0.3, 0.4) is 0 Å². The number of ether oxygens (including phenoxy) is 2. The third-order valence-corrected chi connectivity index (χ3v) is 14.0. The van der Waals surface area contributed by atoms with E-state index < -0.39 is 37.3 Å². The van der Waals surface area contributed by atoms with E-state index in [2.05, 4.69) is 67.5 Å². The predicted molar refractivity (Wildman–Crippen MR) is 167 cm³/mol. The minimum Gasteiger partial charge on any atom is -0.394 e. The van der Waals surface area contributed by atoms with E-state index in [1.807, 2.05) is 0 Å². The first-order chi connectivity index (χ1) is 20.0. The average Bonchev–Trinajstić information content (AvgIpc) is 3.31. The van der Waals surface area contributed by atoms with Gasteiger partial charge < -0.3 is 35.0 Å². The first-order valence-corrected chi connectivity index (χ1v) is 17.0. The van der Waals surface area contributed by atoms with Crippen LogP contribution in [0, 0.1) is 45.3 Å². The lowest BCUT2D eigenvalue weighted by Crippen LogP contribution is -2.67. The lowest BCUT2D eigenvalue weighted by atomic mass is 9.35. The Kier molecular flexibility index (Phi) is 9.19. The monoisotopic (exact) mass is 604 g/mol. The highest BCUT2D eigenvalue weighted by atomic mass is 16.7. The van der Waals surface area contributed by atoms with Crippen LogP contribution in [0.2, 0.25) is 0 Å². The van der Waals surface area contributed by atoms with Gasteiger partial charge in [-0.3, -0.25) is 0 Å². The van der Waals surface area contributed by atoms with Crippen LogP contribution in [0.4, 0.5) is 0 Å². The van der Waals surface area contributed by atoms with E-state index in [1.165, 1.54) is 11.1 Å². The van der Waals surface area contributed by atoms with Gasteiger partial charge >= 0.3 is 0 Å². The quantitative estimate of drug-likeness (QED) is 0.211. The van der Waals surface area contributed by atoms with Crippen LogP contribution in [0.15, 0.2) is 23.3 Å². The number of fused-ring (bicyclic) bond motifs is 5. The smallest absolute Gasteiger partial charge is 0.186 e. The molecule has 0 bridgehead atoms. The highest BCUT2D eigenvalue weighted by molar-refractivity contribution is 5.23. The summed E-state index contributed by atoms with van der Waals surface area (Å²) in [5.41, 5.74) is 2.80. The van der Waals surface area contributed by atoms with Crippen molar-refractivity contribution in [1.29, 1.82) is 0 Å². The number of allylic oxidation sites excluding steroid dienone is 4. The Hall–Kier alpha value is -0.800. The van der Waals surface area contributed by atoms with E-state index in [4.69, 9.17) is 9.47 Å². The van der Waals surface area contributed by atoms with Crippen LogP contribution in [-0.4, -0.2) is 75.1 Å². The Morgan fingerprint density at radius 2 is 1.49 bits per heavy atom. The van der Waals surface area contributed by atoms with Crippen molar-refractivity contribution in [2.75, 3.05) is 6.61 Å². The summed E-state index contributed by atoms with van der Waals surface area (Å²) in [7, 11) is 0. The lowest BCUT2D eigenvalue weighted by molar-refractivity contribution is -0.331. The van der Waals surface area contributed by atoms with E-state index in [0.29, 0.717) is 17.8 Å². The van der Waals surface area contributed by atoms with Crippen molar-refractivity contribution in [3.63, 3.8) is 0 Å².